The minimum Gasteiger partial charge on any atom is -0.361 e. The summed E-state index contributed by atoms with van der Waals surface area (Å²) in [6.45, 7) is 0.344. The van der Waals surface area contributed by atoms with Gasteiger partial charge in [-0.3, -0.25) is 4.79 Å². The molecule has 0 unspecified atom stereocenters. The number of methoxy groups -OCH3 is 2. The molecule has 1 aromatic carbocycles. The Hall–Kier alpha value is -1.85. The number of carbonyl (C=O) groups excluding carboxylic acids is 1. The second-order valence-electron chi connectivity index (χ2n) is 4.28. The van der Waals surface area contributed by atoms with Crippen molar-refractivity contribution in [2.45, 2.75) is 12.7 Å². The maximum atomic E-state index is 11.8. The molecule has 0 atom stereocenters. The van der Waals surface area contributed by atoms with Gasteiger partial charge in [-0.05, 0) is 23.1 Å². The van der Waals surface area contributed by atoms with Crippen LogP contribution < -0.4 is 5.32 Å². The zero-order valence-corrected chi connectivity index (χ0v) is 11.1. The maximum absolute atomic E-state index is 11.8. The van der Waals surface area contributed by atoms with E-state index in [-0.39, 0.29) is 5.91 Å². The lowest BCUT2D eigenvalue weighted by Crippen LogP contribution is -2.34. The third-order valence-electron chi connectivity index (χ3n) is 2.98. The molecule has 0 radical (unpaired) electrons. The van der Waals surface area contributed by atoms with Crippen LogP contribution in [-0.4, -0.2) is 37.9 Å². The van der Waals surface area contributed by atoms with E-state index < -0.39 is 6.29 Å². The van der Waals surface area contributed by atoms with Crippen LogP contribution >= 0.6 is 0 Å². The molecule has 1 amide bonds. The number of hydrogen-bond acceptors (Lipinski definition) is 3. The van der Waals surface area contributed by atoms with Crippen LogP contribution in [0.2, 0.25) is 0 Å². The van der Waals surface area contributed by atoms with Crippen molar-refractivity contribution in [1.29, 1.82) is 0 Å². The molecule has 2 rings (SSSR count). The van der Waals surface area contributed by atoms with Gasteiger partial charge >= 0.3 is 0 Å². The highest BCUT2D eigenvalue weighted by Gasteiger charge is 2.08. The summed E-state index contributed by atoms with van der Waals surface area (Å²) in [5.74, 6) is -0.0509. The fourth-order valence-electron chi connectivity index (χ4n) is 1.91. The van der Waals surface area contributed by atoms with Gasteiger partial charge in [0, 0.05) is 25.9 Å². The van der Waals surface area contributed by atoms with Gasteiger partial charge in [0.2, 0.25) is 5.91 Å². The molecule has 102 valence electrons. The summed E-state index contributed by atoms with van der Waals surface area (Å²) >= 11 is 0. The van der Waals surface area contributed by atoms with E-state index in [4.69, 9.17) is 9.47 Å². The lowest BCUT2D eigenvalue weighted by Gasteiger charge is -2.14. The van der Waals surface area contributed by atoms with E-state index in [0.717, 1.165) is 16.5 Å². The summed E-state index contributed by atoms with van der Waals surface area (Å²) in [5.41, 5.74) is 2.01. The van der Waals surface area contributed by atoms with Gasteiger partial charge in [0.1, 0.15) is 0 Å². The Morgan fingerprint density at radius 2 is 2.11 bits per heavy atom. The molecular weight excluding hydrogens is 244 g/mol. The molecule has 0 aliphatic carbocycles. The van der Waals surface area contributed by atoms with Crippen molar-refractivity contribution in [3.63, 3.8) is 0 Å². The predicted molar refractivity (Wildman–Crippen MR) is 72.8 cm³/mol. The number of hydrogen-bond donors (Lipinski definition) is 2. The van der Waals surface area contributed by atoms with E-state index in [1.54, 1.807) is 14.2 Å². The third kappa shape index (κ3) is 3.56. The average Bonchev–Trinajstić information content (AvgIpc) is 2.87. The molecule has 0 fully saturated rings. The van der Waals surface area contributed by atoms with Crippen molar-refractivity contribution in [2.75, 3.05) is 20.8 Å². The molecule has 0 saturated heterocycles. The Kier molecular flexibility index (Phi) is 4.54. The molecule has 5 heteroatoms. The first-order valence-electron chi connectivity index (χ1n) is 6.11. The summed E-state index contributed by atoms with van der Waals surface area (Å²) in [5, 5.41) is 3.92. The molecule has 19 heavy (non-hydrogen) atoms. The van der Waals surface area contributed by atoms with Crippen molar-refractivity contribution in [3.8, 4) is 0 Å². The largest absolute Gasteiger partial charge is 0.361 e. The number of aromatic amines is 1. The van der Waals surface area contributed by atoms with Gasteiger partial charge in [-0.15, -0.1) is 0 Å². The average molecular weight is 262 g/mol. The highest BCUT2D eigenvalue weighted by Crippen LogP contribution is 2.14. The molecule has 0 saturated carbocycles. The van der Waals surface area contributed by atoms with Crippen LogP contribution in [0.3, 0.4) is 0 Å². The Balaban J connectivity index is 1.91. The number of aromatic nitrogens is 1. The van der Waals surface area contributed by atoms with Crippen molar-refractivity contribution in [2.24, 2.45) is 0 Å². The van der Waals surface area contributed by atoms with E-state index >= 15 is 0 Å². The first kappa shape index (κ1) is 13.6. The van der Waals surface area contributed by atoms with Gasteiger partial charge in [0.05, 0.1) is 13.0 Å². The summed E-state index contributed by atoms with van der Waals surface area (Å²) in [6, 6.07) is 7.95. The molecule has 0 spiro atoms. The number of H-pyrrole nitrogens is 1. The number of amides is 1. The molecule has 2 aromatic rings. The Labute approximate surface area is 111 Å². The quantitative estimate of drug-likeness (QED) is 0.774. The van der Waals surface area contributed by atoms with Gasteiger partial charge < -0.3 is 19.8 Å². The van der Waals surface area contributed by atoms with Crippen LogP contribution in [0, 0.1) is 0 Å². The van der Waals surface area contributed by atoms with Gasteiger partial charge in [-0.2, -0.15) is 0 Å². The molecule has 1 aromatic heterocycles. The lowest BCUT2D eigenvalue weighted by atomic mass is 10.1. The number of ether oxygens (including phenoxy) is 2. The molecule has 2 N–H and O–H groups in total. The SMILES string of the molecule is COC(CNC(=O)Cc1ccc2cc[nH]c2c1)OC. The summed E-state index contributed by atoms with van der Waals surface area (Å²) in [6.07, 6.45) is 1.82. The zero-order chi connectivity index (χ0) is 13.7. The summed E-state index contributed by atoms with van der Waals surface area (Å²) in [4.78, 5) is 14.9. The van der Waals surface area contributed by atoms with E-state index in [1.165, 1.54) is 0 Å². The molecule has 0 bridgehead atoms. The first-order valence-corrected chi connectivity index (χ1v) is 6.11. The number of benzene rings is 1. The van der Waals surface area contributed by atoms with Crippen molar-refractivity contribution < 1.29 is 14.3 Å². The first-order chi connectivity index (χ1) is 9.22. The normalized spacial score (nSPS) is 11.1. The Bertz CT molecular complexity index is 546. The van der Waals surface area contributed by atoms with Crippen molar-refractivity contribution >= 4 is 16.8 Å². The molecule has 0 aliphatic heterocycles. The third-order valence-corrected chi connectivity index (χ3v) is 2.98. The van der Waals surface area contributed by atoms with Crippen molar-refractivity contribution in [3.05, 3.63) is 36.0 Å². The molecule has 0 aliphatic rings. The van der Waals surface area contributed by atoms with E-state index in [0.29, 0.717) is 13.0 Å². The highest BCUT2D eigenvalue weighted by atomic mass is 16.7. The smallest absolute Gasteiger partial charge is 0.224 e. The summed E-state index contributed by atoms with van der Waals surface area (Å²) in [7, 11) is 3.08. The maximum Gasteiger partial charge on any atom is 0.224 e. The number of carbonyl (C=O) groups is 1. The minimum atomic E-state index is -0.408. The Morgan fingerprint density at radius 3 is 2.84 bits per heavy atom. The second-order valence-corrected chi connectivity index (χ2v) is 4.28. The van der Waals surface area contributed by atoms with Crippen LogP contribution in [0.25, 0.3) is 10.9 Å². The fourth-order valence-corrected chi connectivity index (χ4v) is 1.91. The Morgan fingerprint density at radius 1 is 1.32 bits per heavy atom. The number of nitrogens with one attached hydrogen (secondary N) is 2. The predicted octanol–water partition coefficient (Wildman–Crippen LogP) is 1.45. The van der Waals surface area contributed by atoms with Gasteiger partial charge in [-0.1, -0.05) is 12.1 Å². The van der Waals surface area contributed by atoms with Crippen LogP contribution in [0.5, 0.6) is 0 Å². The standard InChI is InChI=1S/C14H18N2O3/c1-18-14(19-2)9-16-13(17)8-10-3-4-11-5-6-15-12(11)7-10/h3-7,14-15H,8-9H2,1-2H3,(H,16,17). The van der Waals surface area contributed by atoms with Gasteiger partial charge in [0.25, 0.3) is 0 Å². The van der Waals surface area contributed by atoms with E-state index in [2.05, 4.69) is 10.3 Å². The van der Waals surface area contributed by atoms with E-state index in [1.807, 2.05) is 30.5 Å². The number of rotatable bonds is 6. The van der Waals surface area contributed by atoms with Crippen LogP contribution in [0.1, 0.15) is 5.56 Å². The minimum absolute atomic E-state index is 0.0509. The van der Waals surface area contributed by atoms with E-state index in [9.17, 15) is 4.79 Å². The number of fused-ring (bicyclic) bond motifs is 1. The fraction of sp³-hybridized carbons (Fsp3) is 0.357. The van der Waals surface area contributed by atoms with Gasteiger partial charge in [-0.25, -0.2) is 0 Å². The second kappa shape index (κ2) is 6.36. The lowest BCUT2D eigenvalue weighted by molar-refractivity contribution is -0.126. The van der Waals surface area contributed by atoms with Crippen molar-refractivity contribution in [1.82, 2.24) is 10.3 Å². The molecular formula is C14H18N2O3. The van der Waals surface area contributed by atoms with Crippen LogP contribution in [0.4, 0.5) is 0 Å². The molecule has 5 nitrogen and oxygen atoms in total. The topological polar surface area (TPSA) is 63.3 Å². The zero-order valence-electron chi connectivity index (χ0n) is 11.1. The summed E-state index contributed by atoms with van der Waals surface area (Å²) < 4.78 is 10.0. The van der Waals surface area contributed by atoms with Crippen LogP contribution in [-0.2, 0) is 20.7 Å². The molecule has 1 heterocycles. The monoisotopic (exact) mass is 262 g/mol. The van der Waals surface area contributed by atoms with Crippen LogP contribution in [0.15, 0.2) is 30.5 Å². The van der Waals surface area contributed by atoms with Gasteiger partial charge in [0.15, 0.2) is 6.29 Å². The highest BCUT2D eigenvalue weighted by molar-refractivity contribution is 5.83.